The van der Waals surface area contributed by atoms with Gasteiger partial charge in [-0.3, -0.25) is 0 Å². The average molecular weight is 512 g/mol. The minimum absolute atomic E-state index is 0.346. The van der Waals surface area contributed by atoms with Crippen molar-refractivity contribution in [3.8, 4) is 0 Å². The first kappa shape index (κ1) is 51.0. The third-order valence-electron chi connectivity index (χ3n) is 0. The Bertz CT molecular complexity index is 130. The van der Waals surface area contributed by atoms with Crippen LogP contribution in [-0.4, -0.2) is 0 Å². The van der Waals surface area contributed by atoms with Crippen LogP contribution in [0.1, 0.15) is 0 Å². The van der Waals surface area contributed by atoms with E-state index < -0.39 is 0 Å². The van der Waals surface area contributed by atoms with Gasteiger partial charge >= 0.3 is 137 Å². The molecule has 0 radical (unpaired) electrons. The van der Waals surface area contributed by atoms with Crippen LogP contribution < -0.4 is 0 Å². The second-order valence-corrected chi connectivity index (χ2v) is 5.38. The van der Waals surface area contributed by atoms with Crippen LogP contribution in [-0.2, 0) is 58.2 Å². The molecule has 100 valence electrons. The van der Waals surface area contributed by atoms with Crippen molar-refractivity contribution in [2.75, 3.05) is 0 Å². The van der Waals surface area contributed by atoms with Gasteiger partial charge < -0.3 is 0 Å². The van der Waals surface area contributed by atoms with Gasteiger partial charge in [-0.25, -0.2) is 0 Å². The molecule has 0 saturated carbocycles. The van der Waals surface area contributed by atoms with E-state index >= 15 is 0 Å². The Labute approximate surface area is 136 Å². The molecule has 0 unspecified atom stereocenters. The molecule has 0 aliphatic rings. The molecule has 0 saturated heterocycles. The van der Waals surface area contributed by atoms with Gasteiger partial charge in [0.15, 0.2) is 0 Å². The minimum atomic E-state index is -0.346. The summed E-state index contributed by atoms with van der Waals surface area (Å²) in [5.41, 5.74) is 0. The van der Waals surface area contributed by atoms with E-state index in [1.807, 2.05) is 0 Å². The van der Waals surface area contributed by atoms with Crippen LogP contribution in [0, 0.1) is 39.9 Å². The summed E-state index contributed by atoms with van der Waals surface area (Å²) in [6.07, 6.45) is 0. The molecular formula is C6Cl4O6Ru2+4. The molecule has 0 atom stereocenters. The molecular weight excluding hydrogens is 512 g/mol. The molecule has 0 aliphatic heterocycles. The topological polar surface area (TPSA) is 119 Å². The molecule has 12 heteroatoms. The fourth-order valence-corrected chi connectivity index (χ4v) is 0. The van der Waals surface area contributed by atoms with E-state index in [-0.39, 0.29) is 30.3 Å². The molecule has 0 aromatic heterocycles. The molecule has 0 spiro atoms. The van der Waals surface area contributed by atoms with Crippen molar-refractivity contribution in [3.05, 3.63) is 39.9 Å². The molecule has 0 N–H and O–H groups in total. The second kappa shape index (κ2) is 625. The average Bonchev–Trinajstić information content (AvgIpc) is 2.52. The molecule has 0 aliphatic carbocycles. The predicted octanol–water partition coefficient (Wildman–Crippen LogP) is 2.53. The van der Waals surface area contributed by atoms with Crippen LogP contribution >= 0.6 is 38.8 Å². The molecule has 0 fully saturated rings. The van der Waals surface area contributed by atoms with E-state index in [4.69, 9.17) is 66.7 Å². The van der Waals surface area contributed by atoms with E-state index in [1.54, 1.807) is 0 Å². The summed E-state index contributed by atoms with van der Waals surface area (Å²) in [6.45, 7) is 27.0. The fourth-order valence-electron chi connectivity index (χ4n) is 0. The molecule has 6 nitrogen and oxygen atoms in total. The number of hydrogen-bond donors (Lipinski definition) is 0. The van der Waals surface area contributed by atoms with Gasteiger partial charge in [-0.2, -0.15) is 0 Å². The zero-order chi connectivity index (χ0) is 17.4. The zero-order valence-electron chi connectivity index (χ0n) is 7.67. The van der Waals surface area contributed by atoms with Gasteiger partial charge in [0.25, 0.3) is 0 Å². The molecule has 0 rings (SSSR count). The Hall–Kier alpha value is 0.847. The maximum atomic E-state index is 7.50. The van der Waals surface area contributed by atoms with Crippen LogP contribution in [0.25, 0.3) is 0 Å². The van der Waals surface area contributed by atoms with E-state index in [0.29, 0.717) is 0 Å². The van der Waals surface area contributed by atoms with Crippen LogP contribution in [0.15, 0.2) is 0 Å². The molecule has 0 amide bonds. The Morgan fingerprint density at radius 1 is 0.389 bits per heavy atom. The molecule has 0 aromatic rings. The molecule has 0 bridgehead atoms. The first-order valence-electron chi connectivity index (χ1n) is 1.76. The van der Waals surface area contributed by atoms with Crippen LogP contribution in [0.3, 0.4) is 0 Å². The van der Waals surface area contributed by atoms with Crippen molar-refractivity contribution in [3.63, 3.8) is 0 Å². The van der Waals surface area contributed by atoms with E-state index in [0.717, 1.165) is 0 Å². The summed E-state index contributed by atoms with van der Waals surface area (Å²) in [5, 5.41) is 0. The van der Waals surface area contributed by atoms with Gasteiger partial charge in [0, 0.05) is 0 Å². The SMILES string of the molecule is [C-]#[O+].[C-]#[O+].[C-]#[O+].[C-]#[O+].[C-]#[O+].[C-]#[O+].[Cl][Ru+2][Cl].[Cl][Ru+2][Cl]. The first-order chi connectivity index (χ1) is 8.83. The zero-order valence-corrected chi connectivity index (χ0v) is 14.2. The Kier molecular flexibility index (Phi) is 1770. The number of halogens is 4. The quantitative estimate of drug-likeness (QED) is 0.270. The van der Waals surface area contributed by atoms with Crippen molar-refractivity contribution in [2.24, 2.45) is 0 Å². The first-order valence-corrected chi connectivity index (χ1v) is 10.7. The van der Waals surface area contributed by atoms with E-state index in [1.165, 1.54) is 0 Å². The third kappa shape index (κ3) is 5900. The standard InChI is InChI=1S/6CO.4ClH.2Ru/c6*1-2;;;;;;/h;;;;;;4*1H;;/q;;;;;;;;;;2*+4/p-4. The summed E-state index contributed by atoms with van der Waals surface area (Å²) in [5.74, 6) is 0. The summed E-state index contributed by atoms with van der Waals surface area (Å²) < 4.78 is 45.0. The monoisotopic (exact) mass is 512 g/mol. The van der Waals surface area contributed by atoms with E-state index in [2.05, 4.69) is 39.9 Å². The van der Waals surface area contributed by atoms with Crippen molar-refractivity contribution in [1.29, 1.82) is 0 Å². The van der Waals surface area contributed by atoms with Gasteiger partial charge in [-0.15, -0.1) is 0 Å². The Morgan fingerprint density at radius 2 is 0.389 bits per heavy atom. The summed E-state index contributed by atoms with van der Waals surface area (Å²) in [6, 6.07) is 0. The van der Waals surface area contributed by atoms with Gasteiger partial charge in [0.2, 0.25) is 0 Å². The van der Waals surface area contributed by atoms with Gasteiger partial charge in [-0.1, -0.05) is 0 Å². The van der Waals surface area contributed by atoms with Gasteiger partial charge in [0.05, 0.1) is 0 Å². The second-order valence-electron chi connectivity index (χ2n) is 0.101. The summed E-state index contributed by atoms with van der Waals surface area (Å²) >= 11 is -0.691. The molecule has 0 heterocycles. The van der Waals surface area contributed by atoms with Crippen molar-refractivity contribution < 1.29 is 58.2 Å². The van der Waals surface area contributed by atoms with E-state index in [9.17, 15) is 0 Å². The Balaban J connectivity index is -0.0000000107. The van der Waals surface area contributed by atoms with Gasteiger partial charge in [0.1, 0.15) is 0 Å². The molecule has 0 aromatic carbocycles. The maximum absolute atomic E-state index is 7.50. The predicted molar refractivity (Wildman–Crippen MR) is 47.0 cm³/mol. The normalized spacial score (nSPS) is 2.67. The number of rotatable bonds is 0. The molecule has 18 heavy (non-hydrogen) atoms. The number of hydrogen-bond acceptors (Lipinski definition) is 0. The third-order valence-corrected chi connectivity index (χ3v) is 0. The van der Waals surface area contributed by atoms with Crippen molar-refractivity contribution in [1.82, 2.24) is 0 Å². The van der Waals surface area contributed by atoms with Crippen LogP contribution in [0.4, 0.5) is 0 Å². The van der Waals surface area contributed by atoms with Gasteiger partial charge in [-0.05, 0) is 0 Å². The van der Waals surface area contributed by atoms with Crippen molar-refractivity contribution >= 4 is 38.8 Å². The van der Waals surface area contributed by atoms with Crippen molar-refractivity contribution in [2.45, 2.75) is 0 Å². The van der Waals surface area contributed by atoms with Crippen LogP contribution in [0.2, 0.25) is 0 Å². The summed E-state index contributed by atoms with van der Waals surface area (Å²) in [4.78, 5) is 0. The summed E-state index contributed by atoms with van der Waals surface area (Å²) in [7, 11) is 19.4. The van der Waals surface area contributed by atoms with Crippen LogP contribution in [0.5, 0.6) is 0 Å². The fraction of sp³-hybridized carbons (Fsp3) is 0. The Morgan fingerprint density at radius 3 is 0.389 bits per heavy atom.